The van der Waals surface area contributed by atoms with Gasteiger partial charge in [-0.25, -0.2) is 15.0 Å². The summed E-state index contributed by atoms with van der Waals surface area (Å²) in [4.78, 5) is 15.1. The normalized spacial score (nSPS) is 11.6. The van der Waals surface area contributed by atoms with Crippen LogP contribution in [0, 0.1) is 0 Å². The van der Waals surface area contributed by atoms with Gasteiger partial charge in [-0.05, 0) is 56.9 Å². The number of aromatic nitrogens is 3. The minimum Gasteiger partial charge on any atom is -0.456 e. The van der Waals surface area contributed by atoms with E-state index in [0.29, 0.717) is 17.5 Å². The molecular formula is C41H25N3O. The van der Waals surface area contributed by atoms with E-state index in [9.17, 15) is 0 Å². The summed E-state index contributed by atoms with van der Waals surface area (Å²) in [5.74, 6) is 1.86. The van der Waals surface area contributed by atoms with Crippen LogP contribution in [0.3, 0.4) is 0 Å². The van der Waals surface area contributed by atoms with E-state index in [-0.39, 0.29) is 0 Å². The summed E-state index contributed by atoms with van der Waals surface area (Å²) in [6, 6.07) is 52.3. The molecule has 0 amide bonds. The molecule has 0 aliphatic rings. The van der Waals surface area contributed by atoms with E-state index in [1.807, 2.05) is 60.7 Å². The summed E-state index contributed by atoms with van der Waals surface area (Å²) in [7, 11) is 0. The Morgan fingerprint density at radius 2 is 0.978 bits per heavy atom. The molecule has 45 heavy (non-hydrogen) atoms. The number of fused-ring (bicyclic) bond motifs is 6. The summed E-state index contributed by atoms with van der Waals surface area (Å²) in [6.07, 6.45) is 0. The zero-order valence-corrected chi connectivity index (χ0v) is 24.2. The maximum atomic E-state index is 6.19. The van der Waals surface area contributed by atoms with E-state index in [1.165, 1.54) is 21.5 Å². The summed E-state index contributed by atoms with van der Waals surface area (Å²) in [5, 5.41) is 7.02. The SMILES string of the molecule is c1ccc(-c2nc(-c3cccc(-c4ccc5c(ccc6ccccc65)c4)c3)nc(-c3cccc4oc5ccccc5c34)n2)cc1. The van der Waals surface area contributed by atoms with Crippen molar-refractivity contribution in [1.82, 2.24) is 15.0 Å². The summed E-state index contributed by atoms with van der Waals surface area (Å²) in [6.45, 7) is 0. The van der Waals surface area contributed by atoms with Crippen LogP contribution in [0.2, 0.25) is 0 Å². The fourth-order valence-electron chi connectivity index (χ4n) is 6.33. The fourth-order valence-corrected chi connectivity index (χ4v) is 6.33. The second-order valence-corrected chi connectivity index (χ2v) is 11.3. The molecule has 210 valence electrons. The van der Waals surface area contributed by atoms with Gasteiger partial charge in [0, 0.05) is 27.5 Å². The van der Waals surface area contributed by atoms with Crippen molar-refractivity contribution in [2.45, 2.75) is 0 Å². The number of furan rings is 1. The van der Waals surface area contributed by atoms with Crippen molar-refractivity contribution in [1.29, 1.82) is 0 Å². The highest BCUT2D eigenvalue weighted by Crippen LogP contribution is 2.37. The molecule has 9 rings (SSSR count). The Balaban J connectivity index is 1.21. The predicted octanol–water partition coefficient (Wildman–Crippen LogP) is 10.7. The van der Waals surface area contributed by atoms with Crippen LogP contribution in [0.25, 0.3) is 88.8 Å². The Morgan fingerprint density at radius 1 is 0.356 bits per heavy atom. The number of hydrogen-bond acceptors (Lipinski definition) is 4. The average Bonchev–Trinajstić information content (AvgIpc) is 3.50. The van der Waals surface area contributed by atoms with Crippen molar-refractivity contribution < 1.29 is 4.42 Å². The van der Waals surface area contributed by atoms with Gasteiger partial charge in [0.15, 0.2) is 17.5 Å². The molecule has 7 aromatic carbocycles. The number of para-hydroxylation sites is 1. The number of hydrogen-bond donors (Lipinski definition) is 0. The summed E-state index contributed by atoms with van der Waals surface area (Å²) >= 11 is 0. The molecule has 0 bridgehead atoms. The van der Waals surface area contributed by atoms with E-state index in [4.69, 9.17) is 19.4 Å². The Hall–Kier alpha value is -6.13. The third kappa shape index (κ3) is 4.35. The van der Waals surface area contributed by atoms with Crippen LogP contribution >= 0.6 is 0 Å². The topological polar surface area (TPSA) is 51.8 Å². The molecule has 0 saturated heterocycles. The molecule has 0 N–H and O–H groups in total. The van der Waals surface area contributed by atoms with Crippen LogP contribution in [0.15, 0.2) is 156 Å². The van der Waals surface area contributed by atoms with Crippen LogP contribution in [0.1, 0.15) is 0 Å². The van der Waals surface area contributed by atoms with E-state index in [2.05, 4.69) is 91.0 Å². The lowest BCUT2D eigenvalue weighted by Crippen LogP contribution is -2.00. The Morgan fingerprint density at radius 3 is 1.89 bits per heavy atom. The molecule has 0 unspecified atom stereocenters. The van der Waals surface area contributed by atoms with E-state index < -0.39 is 0 Å². The Kier molecular flexibility index (Phi) is 5.78. The fraction of sp³-hybridized carbons (Fsp3) is 0. The monoisotopic (exact) mass is 575 g/mol. The maximum absolute atomic E-state index is 6.19. The molecule has 4 heteroatoms. The van der Waals surface area contributed by atoms with Crippen molar-refractivity contribution >= 4 is 43.5 Å². The largest absolute Gasteiger partial charge is 0.456 e. The van der Waals surface area contributed by atoms with Crippen molar-refractivity contribution in [3.63, 3.8) is 0 Å². The third-order valence-corrected chi connectivity index (χ3v) is 8.51. The van der Waals surface area contributed by atoms with Gasteiger partial charge in [-0.2, -0.15) is 0 Å². The lowest BCUT2D eigenvalue weighted by molar-refractivity contribution is 0.669. The Bertz CT molecular complexity index is 2550. The molecule has 9 aromatic rings. The first kappa shape index (κ1) is 25.4. The smallest absolute Gasteiger partial charge is 0.164 e. The summed E-state index contributed by atoms with van der Waals surface area (Å²) < 4.78 is 6.19. The van der Waals surface area contributed by atoms with Gasteiger partial charge in [-0.3, -0.25) is 0 Å². The first-order valence-electron chi connectivity index (χ1n) is 15.0. The Labute approximate surface area is 259 Å². The predicted molar refractivity (Wildman–Crippen MR) is 184 cm³/mol. The van der Waals surface area contributed by atoms with Gasteiger partial charge in [-0.1, -0.05) is 127 Å². The number of nitrogens with zero attached hydrogens (tertiary/aromatic N) is 3. The first-order chi connectivity index (χ1) is 22.3. The second kappa shape index (κ2) is 10.2. The standard InChI is InChI=1S/C41H25N3O/c1-2-11-27(12-3-1)39-42-40(44-41(43-39)35-17-9-19-37-38(35)34-16-6-7-18-36(34)45-37)31-14-8-13-28(25-31)29-22-23-33-30(24-29)21-20-26-10-4-5-15-32(26)33/h1-25H. The van der Waals surface area contributed by atoms with Crippen LogP contribution in [0.5, 0.6) is 0 Å². The highest BCUT2D eigenvalue weighted by molar-refractivity contribution is 6.12. The van der Waals surface area contributed by atoms with Gasteiger partial charge in [0.05, 0.1) is 0 Å². The molecule has 0 saturated carbocycles. The van der Waals surface area contributed by atoms with Crippen LogP contribution in [-0.4, -0.2) is 15.0 Å². The van der Waals surface area contributed by atoms with Gasteiger partial charge in [0.1, 0.15) is 11.2 Å². The van der Waals surface area contributed by atoms with E-state index in [0.717, 1.165) is 49.8 Å². The first-order valence-corrected chi connectivity index (χ1v) is 15.0. The van der Waals surface area contributed by atoms with Crippen molar-refractivity contribution in [2.24, 2.45) is 0 Å². The molecule has 0 fully saturated rings. The zero-order valence-electron chi connectivity index (χ0n) is 24.2. The third-order valence-electron chi connectivity index (χ3n) is 8.51. The second-order valence-electron chi connectivity index (χ2n) is 11.3. The molecule has 0 atom stereocenters. The van der Waals surface area contributed by atoms with Gasteiger partial charge in [-0.15, -0.1) is 0 Å². The number of rotatable bonds is 4. The lowest BCUT2D eigenvalue weighted by atomic mass is 9.96. The van der Waals surface area contributed by atoms with Crippen molar-refractivity contribution in [3.8, 4) is 45.3 Å². The van der Waals surface area contributed by atoms with Crippen molar-refractivity contribution in [2.75, 3.05) is 0 Å². The van der Waals surface area contributed by atoms with E-state index in [1.54, 1.807) is 0 Å². The molecule has 4 nitrogen and oxygen atoms in total. The molecule has 0 aliphatic carbocycles. The van der Waals surface area contributed by atoms with Gasteiger partial charge in [0.25, 0.3) is 0 Å². The minimum atomic E-state index is 0.610. The zero-order chi connectivity index (χ0) is 29.7. The molecular weight excluding hydrogens is 550 g/mol. The number of benzene rings is 7. The minimum absolute atomic E-state index is 0.610. The van der Waals surface area contributed by atoms with E-state index >= 15 is 0 Å². The van der Waals surface area contributed by atoms with Crippen molar-refractivity contribution in [3.05, 3.63) is 152 Å². The van der Waals surface area contributed by atoms with Gasteiger partial charge in [0.2, 0.25) is 0 Å². The van der Waals surface area contributed by atoms with Gasteiger partial charge >= 0.3 is 0 Å². The van der Waals surface area contributed by atoms with Crippen LogP contribution in [-0.2, 0) is 0 Å². The molecule has 0 spiro atoms. The van der Waals surface area contributed by atoms with Crippen LogP contribution in [0.4, 0.5) is 0 Å². The maximum Gasteiger partial charge on any atom is 0.164 e. The van der Waals surface area contributed by atoms with Gasteiger partial charge < -0.3 is 4.42 Å². The molecule has 2 aromatic heterocycles. The molecule has 2 heterocycles. The van der Waals surface area contributed by atoms with Crippen LogP contribution < -0.4 is 0 Å². The summed E-state index contributed by atoms with van der Waals surface area (Å²) in [5.41, 5.74) is 6.68. The quantitative estimate of drug-likeness (QED) is 0.196. The molecule has 0 aliphatic heterocycles. The highest BCUT2D eigenvalue weighted by atomic mass is 16.3. The highest BCUT2D eigenvalue weighted by Gasteiger charge is 2.18. The molecule has 0 radical (unpaired) electrons. The average molecular weight is 576 g/mol. The lowest BCUT2D eigenvalue weighted by Gasteiger charge is -2.11.